The molecule has 4 nitrogen and oxygen atoms in total. The molecule has 0 N–H and O–H groups in total. The molecule has 0 aromatic heterocycles. The molecule has 0 saturated carbocycles. The van der Waals surface area contributed by atoms with E-state index in [0.717, 1.165) is 0 Å². The van der Waals surface area contributed by atoms with Gasteiger partial charge in [0.25, 0.3) is 0 Å². The van der Waals surface area contributed by atoms with Gasteiger partial charge in [-0.1, -0.05) is 6.07 Å². The molecule has 2 rings (SSSR count). The Morgan fingerprint density at radius 2 is 1.67 bits per heavy atom. The van der Waals surface area contributed by atoms with E-state index in [0.29, 0.717) is 5.56 Å². The Balaban J connectivity index is 2.54. The highest BCUT2D eigenvalue weighted by molar-refractivity contribution is 6.33. The van der Waals surface area contributed by atoms with Gasteiger partial charge in [-0.3, -0.25) is 9.59 Å². The lowest BCUT2D eigenvalue weighted by atomic mass is 9.94. The molecule has 0 heterocycles. The number of ketones is 2. The first kappa shape index (κ1) is 11.5. The minimum Gasteiger partial charge on any atom is -0.290 e. The Labute approximate surface area is 103 Å². The van der Waals surface area contributed by atoms with E-state index in [1.54, 1.807) is 6.07 Å². The average Bonchev–Trinajstić information content (AvgIpc) is 2.40. The Morgan fingerprint density at radius 3 is 2.33 bits per heavy atom. The summed E-state index contributed by atoms with van der Waals surface area (Å²) in [5, 5.41) is 17.7. The van der Waals surface area contributed by atoms with Crippen LogP contribution < -0.4 is 0 Å². The van der Waals surface area contributed by atoms with Crippen molar-refractivity contribution in [2.24, 2.45) is 0 Å². The molecule has 1 aromatic carbocycles. The highest BCUT2D eigenvalue weighted by atomic mass is 16.1. The van der Waals surface area contributed by atoms with Crippen molar-refractivity contribution in [3.05, 3.63) is 53.1 Å². The second-order valence-corrected chi connectivity index (χ2v) is 3.64. The number of carbonyl (C=O) groups is 2. The molecule has 0 saturated heterocycles. The SMILES string of the molecule is N#Cc1ccc(C2=CC(=O)C=CC2=O)cc1C#N. The summed E-state index contributed by atoms with van der Waals surface area (Å²) >= 11 is 0. The van der Waals surface area contributed by atoms with Crippen molar-refractivity contribution in [3.63, 3.8) is 0 Å². The summed E-state index contributed by atoms with van der Waals surface area (Å²) < 4.78 is 0. The summed E-state index contributed by atoms with van der Waals surface area (Å²) in [6.45, 7) is 0. The van der Waals surface area contributed by atoms with Crippen molar-refractivity contribution in [2.75, 3.05) is 0 Å². The van der Waals surface area contributed by atoms with E-state index >= 15 is 0 Å². The van der Waals surface area contributed by atoms with E-state index < -0.39 is 0 Å². The van der Waals surface area contributed by atoms with Gasteiger partial charge in [0.1, 0.15) is 12.1 Å². The molecule has 0 unspecified atom stereocenters. The van der Waals surface area contributed by atoms with E-state index in [1.165, 1.54) is 30.4 Å². The fraction of sp³-hybridized carbons (Fsp3) is 0. The maximum Gasteiger partial charge on any atom is 0.186 e. The zero-order valence-electron chi connectivity index (χ0n) is 9.18. The number of hydrogen-bond acceptors (Lipinski definition) is 4. The molecule has 0 aliphatic heterocycles. The molecule has 4 heteroatoms. The largest absolute Gasteiger partial charge is 0.290 e. The van der Waals surface area contributed by atoms with Crippen LogP contribution in [0.5, 0.6) is 0 Å². The van der Waals surface area contributed by atoms with Crippen molar-refractivity contribution in [3.8, 4) is 12.1 Å². The van der Waals surface area contributed by atoms with Gasteiger partial charge in [0.15, 0.2) is 11.6 Å². The van der Waals surface area contributed by atoms with Gasteiger partial charge in [0, 0.05) is 5.57 Å². The number of hydrogen-bond donors (Lipinski definition) is 0. The number of allylic oxidation sites excluding steroid dienone is 4. The maximum absolute atomic E-state index is 11.6. The molecule has 84 valence electrons. The molecule has 0 spiro atoms. The lowest BCUT2D eigenvalue weighted by Crippen LogP contribution is -2.07. The quantitative estimate of drug-likeness (QED) is 0.690. The molecule has 0 amide bonds. The zero-order valence-corrected chi connectivity index (χ0v) is 9.18. The van der Waals surface area contributed by atoms with Crippen LogP contribution in [0.15, 0.2) is 36.4 Å². The molecular formula is C14H6N2O2. The highest BCUT2D eigenvalue weighted by Crippen LogP contribution is 2.21. The van der Waals surface area contributed by atoms with E-state index in [1.807, 2.05) is 12.1 Å². The summed E-state index contributed by atoms with van der Waals surface area (Å²) in [7, 11) is 0. The van der Waals surface area contributed by atoms with Gasteiger partial charge in [-0.25, -0.2) is 0 Å². The van der Waals surface area contributed by atoms with Crippen LogP contribution in [0.2, 0.25) is 0 Å². The molecule has 1 aromatic rings. The minimum absolute atomic E-state index is 0.186. The second kappa shape index (κ2) is 4.48. The first-order chi connectivity index (χ1) is 8.65. The third-order valence-electron chi connectivity index (χ3n) is 2.52. The van der Waals surface area contributed by atoms with Gasteiger partial charge in [0.2, 0.25) is 0 Å². The normalized spacial score (nSPS) is 13.8. The van der Waals surface area contributed by atoms with Crippen LogP contribution in [0.25, 0.3) is 5.57 Å². The van der Waals surface area contributed by atoms with Crippen LogP contribution in [0.4, 0.5) is 0 Å². The highest BCUT2D eigenvalue weighted by Gasteiger charge is 2.16. The Morgan fingerprint density at radius 1 is 0.944 bits per heavy atom. The van der Waals surface area contributed by atoms with Gasteiger partial charge in [-0.05, 0) is 35.9 Å². The third-order valence-corrected chi connectivity index (χ3v) is 2.52. The second-order valence-electron chi connectivity index (χ2n) is 3.64. The van der Waals surface area contributed by atoms with E-state index in [-0.39, 0.29) is 28.3 Å². The lowest BCUT2D eigenvalue weighted by Gasteiger charge is -2.07. The lowest BCUT2D eigenvalue weighted by molar-refractivity contribution is -0.113. The average molecular weight is 234 g/mol. The van der Waals surface area contributed by atoms with Crippen molar-refractivity contribution in [1.29, 1.82) is 10.5 Å². The monoisotopic (exact) mass is 234 g/mol. The number of carbonyl (C=O) groups excluding carboxylic acids is 2. The fourth-order valence-electron chi connectivity index (χ4n) is 1.64. The number of nitriles is 2. The zero-order chi connectivity index (χ0) is 13.1. The Hall–Kier alpha value is -2.98. The molecule has 1 aliphatic rings. The number of nitrogens with zero attached hydrogens (tertiary/aromatic N) is 2. The standard InChI is InChI=1S/C14H6N2O2/c15-7-10-2-1-9(5-11(10)8-16)13-6-12(17)3-4-14(13)18/h1-6H. The summed E-state index contributed by atoms with van der Waals surface area (Å²) in [6.07, 6.45) is 3.62. The predicted molar refractivity (Wildman–Crippen MR) is 63.0 cm³/mol. The first-order valence-corrected chi connectivity index (χ1v) is 5.08. The summed E-state index contributed by atoms with van der Waals surface area (Å²) in [5.74, 6) is -0.560. The Bertz CT molecular complexity index is 697. The van der Waals surface area contributed by atoms with Gasteiger partial charge in [-0.2, -0.15) is 10.5 Å². The van der Waals surface area contributed by atoms with E-state index in [4.69, 9.17) is 10.5 Å². The fourth-order valence-corrected chi connectivity index (χ4v) is 1.64. The van der Waals surface area contributed by atoms with Crippen molar-refractivity contribution in [2.45, 2.75) is 0 Å². The Kier molecular flexibility index (Phi) is 2.87. The molecule has 0 fully saturated rings. The molecular weight excluding hydrogens is 228 g/mol. The van der Waals surface area contributed by atoms with Crippen LogP contribution in [-0.2, 0) is 9.59 Å². The summed E-state index contributed by atoms with van der Waals surface area (Å²) in [5.41, 5.74) is 1.13. The van der Waals surface area contributed by atoms with Crippen LogP contribution >= 0.6 is 0 Å². The van der Waals surface area contributed by atoms with Crippen molar-refractivity contribution in [1.82, 2.24) is 0 Å². The van der Waals surface area contributed by atoms with Crippen LogP contribution in [0.3, 0.4) is 0 Å². The van der Waals surface area contributed by atoms with Gasteiger partial charge in [0.05, 0.1) is 11.1 Å². The summed E-state index contributed by atoms with van der Waals surface area (Å²) in [6, 6.07) is 8.23. The van der Waals surface area contributed by atoms with Gasteiger partial charge >= 0.3 is 0 Å². The molecule has 1 aliphatic carbocycles. The first-order valence-electron chi connectivity index (χ1n) is 5.08. The minimum atomic E-state index is -0.289. The van der Waals surface area contributed by atoms with Crippen LogP contribution in [-0.4, -0.2) is 11.6 Å². The predicted octanol–water partition coefficient (Wildman–Crippen LogP) is 1.52. The van der Waals surface area contributed by atoms with E-state index in [2.05, 4.69) is 0 Å². The van der Waals surface area contributed by atoms with Crippen LogP contribution in [0, 0.1) is 22.7 Å². The van der Waals surface area contributed by atoms with Gasteiger partial charge < -0.3 is 0 Å². The molecule has 0 radical (unpaired) electrons. The summed E-state index contributed by atoms with van der Waals surface area (Å²) in [4.78, 5) is 22.9. The maximum atomic E-state index is 11.6. The van der Waals surface area contributed by atoms with Crippen molar-refractivity contribution < 1.29 is 9.59 Å². The molecule has 0 bridgehead atoms. The topological polar surface area (TPSA) is 81.7 Å². The molecule has 0 atom stereocenters. The number of benzene rings is 1. The van der Waals surface area contributed by atoms with Crippen molar-refractivity contribution >= 4 is 17.1 Å². The molecule has 18 heavy (non-hydrogen) atoms. The van der Waals surface area contributed by atoms with Crippen LogP contribution in [0.1, 0.15) is 16.7 Å². The third kappa shape index (κ3) is 1.95. The van der Waals surface area contributed by atoms with Gasteiger partial charge in [-0.15, -0.1) is 0 Å². The van der Waals surface area contributed by atoms with E-state index in [9.17, 15) is 9.59 Å². The smallest absolute Gasteiger partial charge is 0.186 e. The number of rotatable bonds is 1.